The van der Waals surface area contributed by atoms with Gasteiger partial charge in [0.15, 0.2) is 0 Å². The first kappa shape index (κ1) is 27.8. The average Bonchev–Trinajstić information content (AvgIpc) is 2.91. The predicted molar refractivity (Wildman–Crippen MR) is 150 cm³/mol. The summed E-state index contributed by atoms with van der Waals surface area (Å²) in [5.74, 6) is 0.705. The van der Waals surface area contributed by atoms with Crippen molar-refractivity contribution in [3.63, 3.8) is 0 Å². The Morgan fingerprint density at radius 1 is 1.11 bits per heavy atom. The summed E-state index contributed by atoms with van der Waals surface area (Å²) in [5.41, 5.74) is 1.65. The van der Waals surface area contributed by atoms with E-state index in [0.29, 0.717) is 12.2 Å². The number of para-hydroxylation sites is 1. The molecule has 1 atom stereocenters. The van der Waals surface area contributed by atoms with Gasteiger partial charge in [-0.1, -0.05) is 61.3 Å². The molecule has 0 saturated heterocycles. The van der Waals surface area contributed by atoms with Gasteiger partial charge in [0.2, 0.25) is 5.91 Å². The molecule has 0 bridgehead atoms. The minimum atomic E-state index is -4.09. The lowest BCUT2D eigenvalue weighted by atomic mass is 9.83. The quantitative estimate of drug-likeness (QED) is 0.347. The SMILES string of the molecule is CCC1(CC)C[C@@H](NC(=O)CN(c2ccc(OC)c(Cl)c2)S(=O)(=O)c2ccc(C)cc2)c2ccccc2O1. The van der Waals surface area contributed by atoms with Crippen molar-refractivity contribution in [2.75, 3.05) is 18.0 Å². The lowest BCUT2D eigenvalue weighted by Gasteiger charge is -2.41. The third kappa shape index (κ3) is 5.61. The Morgan fingerprint density at radius 3 is 2.42 bits per heavy atom. The van der Waals surface area contributed by atoms with Crippen LogP contribution in [0.4, 0.5) is 5.69 Å². The van der Waals surface area contributed by atoms with Crippen molar-refractivity contribution in [2.45, 2.75) is 56.6 Å². The molecule has 0 unspecified atom stereocenters. The summed E-state index contributed by atoms with van der Waals surface area (Å²) in [4.78, 5) is 13.6. The van der Waals surface area contributed by atoms with Crippen LogP contribution >= 0.6 is 11.6 Å². The molecule has 1 aliphatic rings. The maximum absolute atomic E-state index is 13.8. The number of nitrogens with one attached hydrogen (secondary N) is 1. The summed E-state index contributed by atoms with van der Waals surface area (Å²) in [6.45, 7) is 5.59. The molecule has 3 aromatic rings. The maximum atomic E-state index is 13.8. The molecule has 0 fully saturated rings. The number of hydrogen-bond donors (Lipinski definition) is 1. The molecule has 0 aromatic heterocycles. The summed E-state index contributed by atoms with van der Waals surface area (Å²) in [7, 11) is -2.61. The Morgan fingerprint density at radius 2 is 1.79 bits per heavy atom. The zero-order valence-electron chi connectivity index (χ0n) is 22.0. The summed E-state index contributed by atoms with van der Waals surface area (Å²) in [6.07, 6.45) is 2.15. The van der Waals surface area contributed by atoms with Crippen LogP contribution in [0.25, 0.3) is 0 Å². The van der Waals surface area contributed by atoms with Gasteiger partial charge in [0.1, 0.15) is 23.6 Å². The second kappa shape index (κ2) is 11.3. The molecule has 4 rings (SSSR count). The Kier molecular flexibility index (Phi) is 8.23. The first-order valence-corrected chi connectivity index (χ1v) is 14.4. The monoisotopic (exact) mass is 556 g/mol. The van der Waals surface area contributed by atoms with Crippen LogP contribution < -0.4 is 19.1 Å². The molecule has 1 amide bonds. The molecule has 0 saturated carbocycles. The molecule has 7 nitrogen and oxygen atoms in total. The minimum absolute atomic E-state index is 0.0789. The van der Waals surface area contributed by atoms with Gasteiger partial charge in [-0.05, 0) is 56.2 Å². The molecule has 38 heavy (non-hydrogen) atoms. The number of anilines is 1. The van der Waals surface area contributed by atoms with Gasteiger partial charge in [0, 0.05) is 12.0 Å². The van der Waals surface area contributed by atoms with Crippen LogP contribution in [0, 0.1) is 6.92 Å². The molecule has 0 radical (unpaired) electrons. The van der Waals surface area contributed by atoms with E-state index in [0.717, 1.165) is 34.0 Å². The van der Waals surface area contributed by atoms with E-state index >= 15 is 0 Å². The van der Waals surface area contributed by atoms with Crippen molar-refractivity contribution in [1.82, 2.24) is 5.32 Å². The molecule has 202 valence electrons. The number of rotatable bonds is 9. The number of amides is 1. The van der Waals surface area contributed by atoms with Crippen molar-refractivity contribution in [1.29, 1.82) is 0 Å². The number of ether oxygens (including phenoxy) is 2. The zero-order valence-corrected chi connectivity index (χ0v) is 23.6. The first-order chi connectivity index (χ1) is 18.1. The highest BCUT2D eigenvalue weighted by atomic mass is 35.5. The highest BCUT2D eigenvalue weighted by molar-refractivity contribution is 7.92. The van der Waals surface area contributed by atoms with Crippen LogP contribution in [-0.4, -0.2) is 33.6 Å². The van der Waals surface area contributed by atoms with Gasteiger partial charge in [-0.15, -0.1) is 0 Å². The van der Waals surface area contributed by atoms with E-state index in [1.807, 2.05) is 31.2 Å². The van der Waals surface area contributed by atoms with Gasteiger partial charge in [-0.2, -0.15) is 0 Å². The number of benzene rings is 3. The molecule has 0 spiro atoms. The Balaban J connectivity index is 1.68. The Bertz CT molecular complexity index is 1400. The molecule has 1 aliphatic heterocycles. The van der Waals surface area contributed by atoms with Gasteiger partial charge in [0.05, 0.1) is 28.8 Å². The first-order valence-electron chi connectivity index (χ1n) is 12.6. The van der Waals surface area contributed by atoms with Gasteiger partial charge < -0.3 is 14.8 Å². The number of fused-ring (bicyclic) bond motifs is 1. The topological polar surface area (TPSA) is 84.9 Å². The second-order valence-corrected chi connectivity index (χ2v) is 11.8. The van der Waals surface area contributed by atoms with Crippen LogP contribution in [0.3, 0.4) is 0 Å². The third-order valence-electron chi connectivity index (χ3n) is 7.14. The number of hydrogen-bond acceptors (Lipinski definition) is 5. The van der Waals surface area contributed by atoms with Crippen molar-refractivity contribution >= 4 is 33.2 Å². The molecule has 0 aliphatic carbocycles. The van der Waals surface area contributed by atoms with E-state index < -0.39 is 28.1 Å². The van der Waals surface area contributed by atoms with Gasteiger partial charge in [0.25, 0.3) is 10.0 Å². The summed E-state index contributed by atoms with van der Waals surface area (Å²) < 4.78 is 40.2. The molecular weight excluding hydrogens is 524 g/mol. The largest absolute Gasteiger partial charge is 0.495 e. The summed E-state index contributed by atoms with van der Waals surface area (Å²) in [6, 6.07) is 18.5. The van der Waals surface area contributed by atoms with Gasteiger partial charge in [-0.3, -0.25) is 9.10 Å². The predicted octanol–water partition coefficient (Wildman–Crippen LogP) is 6.05. The fourth-order valence-corrected chi connectivity index (χ4v) is 6.43. The van der Waals surface area contributed by atoms with Crippen LogP contribution in [0.1, 0.15) is 50.3 Å². The molecule has 3 aromatic carbocycles. The average molecular weight is 557 g/mol. The van der Waals surface area contributed by atoms with Crippen LogP contribution in [0.15, 0.2) is 71.6 Å². The molecule has 1 N–H and O–H groups in total. The van der Waals surface area contributed by atoms with Crippen LogP contribution in [-0.2, 0) is 14.8 Å². The number of nitrogens with zero attached hydrogens (tertiary/aromatic N) is 1. The van der Waals surface area contributed by atoms with E-state index in [4.69, 9.17) is 21.1 Å². The highest BCUT2D eigenvalue weighted by Gasteiger charge is 2.39. The maximum Gasteiger partial charge on any atom is 0.264 e. The van der Waals surface area contributed by atoms with E-state index in [1.165, 1.54) is 25.3 Å². The fraction of sp³-hybridized carbons (Fsp3) is 0.345. The van der Waals surface area contributed by atoms with E-state index in [2.05, 4.69) is 19.2 Å². The lowest BCUT2D eigenvalue weighted by Crippen LogP contribution is -2.47. The molecular formula is C29H33ClN2O5S. The highest BCUT2D eigenvalue weighted by Crippen LogP contribution is 2.42. The van der Waals surface area contributed by atoms with Crippen LogP contribution in [0.2, 0.25) is 5.02 Å². The molecule has 1 heterocycles. The Hall–Kier alpha value is -3.23. The van der Waals surface area contributed by atoms with E-state index in [1.54, 1.807) is 24.3 Å². The van der Waals surface area contributed by atoms with Gasteiger partial charge >= 0.3 is 0 Å². The third-order valence-corrected chi connectivity index (χ3v) is 9.22. The number of carbonyl (C=O) groups excluding carboxylic acids is 1. The lowest BCUT2D eigenvalue weighted by molar-refractivity contribution is -0.121. The fourth-order valence-electron chi connectivity index (χ4n) is 4.76. The zero-order chi connectivity index (χ0) is 27.5. The standard InChI is InChI=1S/C29H33ClN2O5S/c1-5-29(6-2)18-25(23-9-7-8-10-26(23)37-29)31-28(33)19-32(21-13-16-27(36-4)24(30)17-21)38(34,35)22-14-11-20(3)12-15-22/h7-17,25H,5-6,18-19H2,1-4H3,(H,31,33)/t25-/m1/s1. The Labute approximate surface area is 229 Å². The van der Waals surface area contributed by atoms with E-state index in [-0.39, 0.29) is 21.6 Å². The summed E-state index contributed by atoms with van der Waals surface area (Å²) >= 11 is 6.34. The minimum Gasteiger partial charge on any atom is -0.495 e. The second-order valence-electron chi connectivity index (χ2n) is 9.50. The van der Waals surface area contributed by atoms with Crippen molar-refractivity contribution in [3.05, 3.63) is 82.9 Å². The normalized spacial score (nSPS) is 16.2. The number of carbonyl (C=O) groups is 1. The van der Waals surface area contributed by atoms with Crippen LogP contribution in [0.5, 0.6) is 11.5 Å². The molecule has 9 heteroatoms. The number of sulfonamides is 1. The van der Waals surface area contributed by atoms with Crippen molar-refractivity contribution < 1.29 is 22.7 Å². The van der Waals surface area contributed by atoms with Gasteiger partial charge in [-0.25, -0.2) is 8.42 Å². The van der Waals surface area contributed by atoms with Crippen molar-refractivity contribution in [2.24, 2.45) is 0 Å². The number of halogens is 1. The summed E-state index contributed by atoms with van der Waals surface area (Å²) in [5, 5.41) is 3.33. The van der Waals surface area contributed by atoms with Crippen molar-refractivity contribution in [3.8, 4) is 11.5 Å². The smallest absolute Gasteiger partial charge is 0.264 e. The van der Waals surface area contributed by atoms with E-state index in [9.17, 15) is 13.2 Å². The number of methoxy groups -OCH3 is 1. The number of aryl methyl sites for hydroxylation is 1.